The largest absolute Gasteiger partial charge is 0.334 e. The predicted octanol–water partition coefficient (Wildman–Crippen LogP) is 4.74. The summed E-state index contributed by atoms with van der Waals surface area (Å²) in [5.41, 5.74) is 1.85. The Bertz CT molecular complexity index is 1310. The predicted molar refractivity (Wildman–Crippen MR) is 138 cm³/mol. The minimum Gasteiger partial charge on any atom is -0.334 e. The van der Waals surface area contributed by atoms with Gasteiger partial charge in [-0.2, -0.15) is 0 Å². The number of hydrogen-bond acceptors (Lipinski definition) is 4. The van der Waals surface area contributed by atoms with Crippen molar-refractivity contribution in [1.29, 1.82) is 5.41 Å². The molecular weight excluding hydrogens is 456 g/mol. The zero-order valence-corrected chi connectivity index (χ0v) is 19.7. The minimum atomic E-state index is -1.17. The monoisotopic (exact) mass is 480 g/mol. The number of hydrogen-bond donors (Lipinski definition) is 3. The van der Waals surface area contributed by atoms with Gasteiger partial charge in [0.1, 0.15) is 0 Å². The standard InChI is InChI=1S/C28H24N4O2S/c29-27-31-28(21-10-3-1-4-11-21,22-12-5-2-6-13-22)26(34)32(27)19-20-9-7-14-23(17-20)30-25(33)18-24-15-8-16-35-24/h1-17H,18-19H2,(H2,29,31)(H,30,33). The molecule has 0 spiro atoms. The van der Waals surface area contributed by atoms with Gasteiger partial charge in [-0.1, -0.05) is 78.9 Å². The molecule has 4 aromatic rings. The average Bonchev–Trinajstić information content (AvgIpc) is 3.47. The molecule has 2 amide bonds. The summed E-state index contributed by atoms with van der Waals surface area (Å²) in [6, 6.07) is 30.2. The van der Waals surface area contributed by atoms with E-state index in [9.17, 15) is 9.59 Å². The topological polar surface area (TPSA) is 85.3 Å². The van der Waals surface area contributed by atoms with Gasteiger partial charge in [-0.15, -0.1) is 11.3 Å². The van der Waals surface area contributed by atoms with E-state index in [1.165, 1.54) is 4.90 Å². The van der Waals surface area contributed by atoms with E-state index in [1.54, 1.807) is 11.3 Å². The third-order valence-electron chi connectivity index (χ3n) is 6.02. The molecule has 0 radical (unpaired) electrons. The van der Waals surface area contributed by atoms with Crippen LogP contribution in [-0.4, -0.2) is 22.7 Å². The lowest BCUT2D eigenvalue weighted by Crippen LogP contribution is -2.45. The highest BCUT2D eigenvalue weighted by Crippen LogP contribution is 2.36. The van der Waals surface area contributed by atoms with E-state index in [-0.39, 0.29) is 24.3 Å². The zero-order valence-electron chi connectivity index (χ0n) is 18.9. The summed E-state index contributed by atoms with van der Waals surface area (Å²) in [4.78, 5) is 28.8. The van der Waals surface area contributed by atoms with E-state index in [1.807, 2.05) is 102 Å². The van der Waals surface area contributed by atoms with Crippen LogP contribution >= 0.6 is 11.3 Å². The molecule has 174 valence electrons. The van der Waals surface area contributed by atoms with Gasteiger partial charge in [-0.3, -0.25) is 19.9 Å². The number of thiophene rings is 1. The van der Waals surface area contributed by atoms with Crippen LogP contribution in [0.15, 0.2) is 102 Å². The molecule has 6 nitrogen and oxygen atoms in total. The Morgan fingerprint density at radius 2 is 1.60 bits per heavy atom. The fourth-order valence-corrected chi connectivity index (χ4v) is 5.10. The number of carbonyl (C=O) groups excluding carboxylic acids is 2. The average molecular weight is 481 g/mol. The first kappa shape index (κ1) is 22.6. The lowest BCUT2D eigenvalue weighted by Gasteiger charge is -2.28. The van der Waals surface area contributed by atoms with Gasteiger partial charge in [0.15, 0.2) is 11.5 Å². The number of nitrogens with zero attached hydrogens (tertiary/aromatic N) is 1. The van der Waals surface area contributed by atoms with Crippen LogP contribution in [0, 0.1) is 5.41 Å². The molecule has 1 aliphatic rings. The van der Waals surface area contributed by atoms with Crippen LogP contribution in [0.25, 0.3) is 0 Å². The number of anilines is 1. The molecule has 0 saturated carbocycles. The molecule has 1 aromatic heterocycles. The van der Waals surface area contributed by atoms with Gasteiger partial charge in [-0.25, -0.2) is 0 Å². The molecule has 3 N–H and O–H groups in total. The quantitative estimate of drug-likeness (QED) is 0.357. The fraction of sp³-hybridized carbons (Fsp3) is 0.107. The third kappa shape index (κ3) is 4.46. The first-order chi connectivity index (χ1) is 17.1. The van der Waals surface area contributed by atoms with Gasteiger partial charge in [0.25, 0.3) is 5.91 Å². The first-order valence-electron chi connectivity index (χ1n) is 11.3. The van der Waals surface area contributed by atoms with Crippen molar-refractivity contribution in [3.8, 4) is 0 Å². The second-order valence-corrected chi connectivity index (χ2v) is 9.38. The summed E-state index contributed by atoms with van der Waals surface area (Å²) in [7, 11) is 0. The van der Waals surface area contributed by atoms with Gasteiger partial charge < -0.3 is 10.6 Å². The minimum absolute atomic E-state index is 0.0369. The smallest absolute Gasteiger partial charge is 0.264 e. The Morgan fingerprint density at radius 3 is 2.23 bits per heavy atom. The van der Waals surface area contributed by atoms with Crippen molar-refractivity contribution >= 4 is 34.8 Å². The number of amides is 2. The zero-order chi connectivity index (χ0) is 24.3. The van der Waals surface area contributed by atoms with Crippen molar-refractivity contribution in [1.82, 2.24) is 10.2 Å². The lowest BCUT2D eigenvalue weighted by atomic mass is 9.82. The summed E-state index contributed by atoms with van der Waals surface area (Å²) in [5.74, 6) is -0.273. The van der Waals surface area contributed by atoms with Crippen molar-refractivity contribution in [3.05, 3.63) is 124 Å². The number of benzene rings is 3. The summed E-state index contributed by atoms with van der Waals surface area (Å²) in [5, 5.41) is 16.7. The van der Waals surface area contributed by atoms with E-state index >= 15 is 0 Å². The SMILES string of the molecule is N=C1NC(c2ccccc2)(c2ccccc2)C(=O)N1Cc1cccc(NC(=O)Cc2cccs2)c1. The van der Waals surface area contributed by atoms with Crippen LogP contribution in [0.2, 0.25) is 0 Å². The molecule has 1 aliphatic heterocycles. The van der Waals surface area contributed by atoms with E-state index in [4.69, 9.17) is 5.41 Å². The summed E-state index contributed by atoms with van der Waals surface area (Å²) in [6.45, 7) is 0.209. The second-order valence-electron chi connectivity index (χ2n) is 8.35. The van der Waals surface area contributed by atoms with Crippen LogP contribution in [0.1, 0.15) is 21.6 Å². The van der Waals surface area contributed by atoms with Gasteiger partial charge >= 0.3 is 0 Å². The first-order valence-corrected chi connectivity index (χ1v) is 12.1. The summed E-state index contributed by atoms with van der Waals surface area (Å²) >= 11 is 1.55. The van der Waals surface area contributed by atoms with Crippen LogP contribution in [0.5, 0.6) is 0 Å². The van der Waals surface area contributed by atoms with Crippen LogP contribution in [0.3, 0.4) is 0 Å². The van der Waals surface area contributed by atoms with Crippen molar-refractivity contribution in [2.75, 3.05) is 5.32 Å². The van der Waals surface area contributed by atoms with Gasteiger partial charge in [0.2, 0.25) is 5.91 Å². The van der Waals surface area contributed by atoms with Crippen molar-refractivity contribution < 1.29 is 9.59 Å². The third-order valence-corrected chi connectivity index (χ3v) is 6.90. The van der Waals surface area contributed by atoms with Crippen LogP contribution in [-0.2, 0) is 28.1 Å². The Labute approximate surface area is 207 Å². The molecule has 1 fully saturated rings. The normalized spacial score (nSPS) is 14.6. The molecule has 2 heterocycles. The molecule has 7 heteroatoms. The fourth-order valence-electron chi connectivity index (χ4n) is 4.39. The van der Waals surface area contributed by atoms with E-state index in [2.05, 4.69) is 10.6 Å². The molecule has 3 aromatic carbocycles. The highest BCUT2D eigenvalue weighted by atomic mass is 32.1. The molecule has 0 bridgehead atoms. The number of carbonyl (C=O) groups is 2. The van der Waals surface area contributed by atoms with E-state index < -0.39 is 5.54 Å². The van der Waals surface area contributed by atoms with Gasteiger partial charge in [0, 0.05) is 10.6 Å². The molecule has 5 rings (SSSR count). The highest BCUT2D eigenvalue weighted by Gasteiger charge is 2.52. The van der Waals surface area contributed by atoms with Gasteiger partial charge in [-0.05, 0) is 40.3 Å². The lowest BCUT2D eigenvalue weighted by molar-refractivity contribution is -0.130. The number of rotatable bonds is 7. The second kappa shape index (κ2) is 9.56. The van der Waals surface area contributed by atoms with Crippen LogP contribution < -0.4 is 10.6 Å². The van der Waals surface area contributed by atoms with Crippen LogP contribution in [0.4, 0.5) is 5.69 Å². The maximum Gasteiger partial charge on any atom is 0.264 e. The van der Waals surface area contributed by atoms with E-state index in [0.29, 0.717) is 12.1 Å². The summed E-state index contributed by atoms with van der Waals surface area (Å²) in [6.07, 6.45) is 0.317. The van der Waals surface area contributed by atoms with Crippen molar-refractivity contribution in [2.45, 2.75) is 18.5 Å². The Morgan fingerprint density at radius 1 is 0.914 bits per heavy atom. The number of guanidine groups is 1. The Balaban J connectivity index is 1.39. The Hall–Kier alpha value is -4.23. The highest BCUT2D eigenvalue weighted by molar-refractivity contribution is 7.10. The maximum atomic E-state index is 13.9. The van der Waals surface area contributed by atoms with Gasteiger partial charge in [0.05, 0.1) is 13.0 Å². The van der Waals surface area contributed by atoms with E-state index in [0.717, 1.165) is 21.6 Å². The molecule has 0 aliphatic carbocycles. The molecule has 0 unspecified atom stereocenters. The molecule has 35 heavy (non-hydrogen) atoms. The molecular formula is C28H24N4O2S. The molecule has 0 atom stereocenters. The van der Waals surface area contributed by atoms with Crippen molar-refractivity contribution in [2.24, 2.45) is 0 Å². The van der Waals surface area contributed by atoms with Crippen molar-refractivity contribution in [3.63, 3.8) is 0 Å². The number of nitrogens with one attached hydrogen (secondary N) is 3. The summed E-state index contributed by atoms with van der Waals surface area (Å²) < 4.78 is 0. The maximum absolute atomic E-state index is 13.9. The molecule has 1 saturated heterocycles. The Kier molecular flexibility index (Phi) is 6.16.